The zero-order valence-electron chi connectivity index (χ0n) is 10.8. The fourth-order valence-electron chi connectivity index (χ4n) is 2.78. The van der Waals surface area contributed by atoms with Gasteiger partial charge in [0, 0.05) is 43.4 Å². The van der Waals surface area contributed by atoms with Gasteiger partial charge in [0.25, 0.3) is 0 Å². The molecule has 1 N–H and O–H groups in total. The first kappa shape index (κ1) is 11.7. The van der Waals surface area contributed by atoms with Crippen LogP contribution in [0.5, 0.6) is 0 Å². The second-order valence-electron chi connectivity index (χ2n) is 5.19. The number of nitrogens with zero attached hydrogens (tertiary/aromatic N) is 3. The number of piperazine rings is 1. The second kappa shape index (κ2) is 5.06. The highest BCUT2D eigenvalue weighted by atomic mass is 15.3. The minimum absolute atomic E-state index is 0.503. The first-order valence-electron chi connectivity index (χ1n) is 6.79. The summed E-state index contributed by atoms with van der Waals surface area (Å²) in [7, 11) is 0. The fourth-order valence-corrected chi connectivity index (χ4v) is 2.78. The van der Waals surface area contributed by atoms with Gasteiger partial charge in [-0.15, -0.1) is 0 Å². The monoisotopic (exact) mass is 244 g/mol. The lowest BCUT2D eigenvalue weighted by Gasteiger charge is -2.35. The summed E-state index contributed by atoms with van der Waals surface area (Å²) in [6.45, 7) is 5.34. The lowest BCUT2D eigenvalue weighted by Crippen LogP contribution is -2.50. The Morgan fingerprint density at radius 1 is 1.28 bits per heavy atom. The molecule has 1 aliphatic carbocycles. The molecule has 2 heterocycles. The van der Waals surface area contributed by atoms with E-state index in [1.165, 1.54) is 5.69 Å². The van der Waals surface area contributed by atoms with Crippen LogP contribution in [0.4, 0.5) is 5.82 Å². The van der Waals surface area contributed by atoms with Gasteiger partial charge in [-0.1, -0.05) is 12.2 Å². The molecule has 0 bridgehead atoms. The fraction of sp³-hybridized carbons (Fsp3) is 0.571. The number of nitrogens with one attached hydrogen (secondary N) is 1. The molecule has 0 radical (unpaired) electrons. The van der Waals surface area contributed by atoms with Crippen LogP contribution in [0.25, 0.3) is 0 Å². The van der Waals surface area contributed by atoms with E-state index in [2.05, 4.69) is 45.3 Å². The Hall–Kier alpha value is -1.42. The molecule has 96 valence electrons. The van der Waals surface area contributed by atoms with Crippen LogP contribution in [0.2, 0.25) is 0 Å². The Bertz CT molecular complexity index is 435. The number of hydrogen-bond donors (Lipinski definition) is 1. The molecule has 1 saturated heterocycles. The van der Waals surface area contributed by atoms with Crippen molar-refractivity contribution >= 4 is 5.82 Å². The average molecular weight is 244 g/mol. The minimum Gasteiger partial charge on any atom is -0.351 e. The van der Waals surface area contributed by atoms with Gasteiger partial charge < -0.3 is 10.2 Å². The van der Waals surface area contributed by atoms with Crippen LogP contribution in [0.15, 0.2) is 24.5 Å². The molecule has 1 aliphatic heterocycles. The topological polar surface area (TPSA) is 41.0 Å². The number of hydrogen-bond acceptors (Lipinski definition) is 4. The third-order valence-corrected chi connectivity index (χ3v) is 3.90. The van der Waals surface area contributed by atoms with Crippen molar-refractivity contribution < 1.29 is 0 Å². The molecule has 4 heteroatoms. The molecule has 1 atom stereocenters. The van der Waals surface area contributed by atoms with Gasteiger partial charge in [0.1, 0.15) is 12.1 Å². The first-order chi connectivity index (χ1) is 8.84. The maximum absolute atomic E-state index is 4.45. The largest absolute Gasteiger partial charge is 0.351 e. The van der Waals surface area contributed by atoms with Crippen LogP contribution < -0.4 is 10.2 Å². The highest BCUT2D eigenvalue weighted by Crippen LogP contribution is 2.29. The molecule has 4 nitrogen and oxygen atoms in total. The van der Waals surface area contributed by atoms with E-state index in [-0.39, 0.29) is 0 Å². The van der Waals surface area contributed by atoms with E-state index >= 15 is 0 Å². The molecule has 1 fully saturated rings. The van der Waals surface area contributed by atoms with Crippen molar-refractivity contribution in [2.45, 2.75) is 31.7 Å². The Morgan fingerprint density at radius 2 is 2.11 bits per heavy atom. The molecule has 0 spiro atoms. The zero-order valence-corrected chi connectivity index (χ0v) is 10.8. The molecule has 0 unspecified atom stereocenters. The quantitative estimate of drug-likeness (QED) is 0.804. The Morgan fingerprint density at radius 3 is 2.89 bits per heavy atom. The van der Waals surface area contributed by atoms with Gasteiger partial charge in [-0.3, -0.25) is 0 Å². The Kier molecular flexibility index (Phi) is 3.28. The van der Waals surface area contributed by atoms with Gasteiger partial charge in [0.2, 0.25) is 0 Å². The first-order valence-corrected chi connectivity index (χ1v) is 6.79. The molecule has 2 aliphatic rings. The Balaban J connectivity index is 1.81. The minimum atomic E-state index is 0.503. The molecule has 0 amide bonds. The zero-order chi connectivity index (χ0) is 12.4. The maximum atomic E-state index is 4.45. The summed E-state index contributed by atoms with van der Waals surface area (Å²) < 4.78 is 0. The van der Waals surface area contributed by atoms with E-state index in [4.69, 9.17) is 0 Å². The summed E-state index contributed by atoms with van der Waals surface area (Å²) in [6.07, 6.45) is 8.46. The molecule has 3 rings (SSSR count). The van der Waals surface area contributed by atoms with Crippen molar-refractivity contribution in [1.82, 2.24) is 15.3 Å². The van der Waals surface area contributed by atoms with Gasteiger partial charge in [-0.2, -0.15) is 0 Å². The van der Waals surface area contributed by atoms with Gasteiger partial charge in [-0.05, 0) is 19.8 Å². The van der Waals surface area contributed by atoms with Crippen LogP contribution in [0, 0.1) is 0 Å². The highest BCUT2D eigenvalue weighted by Gasteiger charge is 2.21. The van der Waals surface area contributed by atoms with E-state index in [0.717, 1.165) is 38.3 Å². The van der Waals surface area contributed by atoms with Crippen molar-refractivity contribution in [2.75, 3.05) is 24.5 Å². The molecule has 0 saturated carbocycles. The van der Waals surface area contributed by atoms with E-state index in [0.29, 0.717) is 12.0 Å². The van der Waals surface area contributed by atoms with Crippen LogP contribution in [0.3, 0.4) is 0 Å². The summed E-state index contributed by atoms with van der Waals surface area (Å²) in [5.74, 6) is 1.64. The molecule has 0 aromatic carbocycles. The number of aromatic nitrogens is 2. The van der Waals surface area contributed by atoms with Crippen molar-refractivity contribution in [3.63, 3.8) is 0 Å². The molecule has 1 aromatic heterocycles. The van der Waals surface area contributed by atoms with Crippen LogP contribution in [-0.2, 0) is 0 Å². The molecular formula is C14H20N4. The predicted octanol–water partition coefficient (Wildman–Crippen LogP) is 1.71. The predicted molar refractivity (Wildman–Crippen MR) is 72.8 cm³/mol. The average Bonchev–Trinajstić information content (AvgIpc) is 2.93. The summed E-state index contributed by atoms with van der Waals surface area (Å²) in [5, 5.41) is 3.41. The van der Waals surface area contributed by atoms with Gasteiger partial charge in [0.05, 0.1) is 0 Å². The molecule has 1 aromatic rings. The third kappa shape index (κ3) is 2.25. The maximum Gasteiger partial charge on any atom is 0.132 e. The number of allylic oxidation sites excluding steroid dienone is 2. The standard InChI is InChI=1S/C14H20N4/c1-11-9-15-6-7-18(11)14-8-13(16-10-17-14)12-4-2-3-5-12/h2-3,8,10-12,15H,4-7,9H2,1H3/t11-/m0/s1. The lowest BCUT2D eigenvalue weighted by atomic mass is 10.0. The van der Waals surface area contributed by atoms with E-state index in [9.17, 15) is 0 Å². The van der Waals surface area contributed by atoms with Crippen molar-refractivity contribution in [1.29, 1.82) is 0 Å². The highest BCUT2D eigenvalue weighted by molar-refractivity contribution is 5.42. The van der Waals surface area contributed by atoms with Crippen molar-refractivity contribution in [3.05, 3.63) is 30.2 Å². The van der Waals surface area contributed by atoms with Gasteiger partial charge >= 0.3 is 0 Å². The van der Waals surface area contributed by atoms with Crippen LogP contribution in [0.1, 0.15) is 31.4 Å². The van der Waals surface area contributed by atoms with E-state index in [1.54, 1.807) is 6.33 Å². The summed E-state index contributed by atoms with van der Waals surface area (Å²) in [5.41, 5.74) is 1.19. The number of rotatable bonds is 2. The number of anilines is 1. The summed E-state index contributed by atoms with van der Waals surface area (Å²) in [6, 6.07) is 2.68. The Labute approximate surface area is 108 Å². The smallest absolute Gasteiger partial charge is 0.132 e. The van der Waals surface area contributed by atoms with Crippen molar-refractivity contribution in [2.24, 2.45) is 0 Å². The van der Waals surface area contributed by atoms with Crippen LogP contribution >= 0.6 is 0 Å². The molecule has 18 heavy (non-hydrogen) atoms. The SMILES string of the molecule is C[C@H]1CNCCN1c1cc(C2CC=CC2)ncn1. The van der Waals surface area contributed by atoms with Crippen molar-refractivity contribution in [3.8, 4) is 0 Å². The third-order valence-electron chi connectivity index (χ3n) is 3.90. The van der Waals surface area contributed by atoms with Crippen LogP contribution in [-0.4, -0.2) is 35.6 Å². The summed E-state index contributed by atoms with van der Waals surface area (Å²) >= 11 is 0. The van der Waals surface area contributed by atoms with E-state index < -0.39 is 0 Å². The lowest BCUT2D eigenvalue weighted by molar-refractivity contribution is 0.496. The second-order valence-corrected chi connectivity index (χ2v) is 5.19. The van der Waals surface area contributed by atoms with E-state index in [1.807, 2.05) is 0 Å². The van der Waals surface area contributed by atoms with Gasteiger partial charge in [0.15, 0.2) is 0 Å². The molecular weight excluding hydrogens is 224 g/mol. The van der Waals surface area contributed by atoms with Gasteiger partial charge in [-0.25, -0.2) is 9.97 Å². The summed E-state index contributed by atoms with van der Waals surface area (Å²) in [4.78, 5) is 11.3. The normalized spacial score (nSPS) is 24.7.